The molecule has 0 aliphatic carbocycles. The van der Waals surface area contributed by atoms with Crippen LogP contribution in [0, 0.1) is 15.9 Å². The van der Waals surface area contributed by atoms with Crippen LogP contribution in [0.15, 0.2) is 30.6 Å². The second-order valence-electron chi connectivity index (χ2n) is 4.74. The summed E-state index contributed by atoms with van der Waals surface area (Å²) in [7, 11) is 0. The molecule has 0 spiro atoms. The average molecular weight is 305 g/mol. The number of hydrogen-bond acceptors (Lipinski definition) is 6. The van der Waals surface area contributed by atoms with Crippen molar-refractivity contribution in [1.82, 2.24) is 9.97 Å². The molecule has 2 aromatic rings. The minimum Gasteiger partial charge on any atom is -0.362 e. The second kappa shape index (κ2) is 6.79. The van der Waals surface area contributed by atoms with Gasteiger partial charge in [0, 0.05) is 6.04 Å². The summed E-state index contributed by atoms with van der Waals surface area (Å²) in [5, 5.41) is 16.9. The van der Waals surface area contributed by atoms with E-state index in [0.717, 1.165) is 6.42 Å². The molecule has 2 rings (SSSR count). The summed E-state index contributed by atoms with van der Waals surface area (Å²) in [4.78, 5) is 18.5. The Morgan fingerprint density at radius 3 is 2.64 bits per heavy atom. The zero-order chi connectivity index (χ0) is 16.1. The van der Waals surface area contributed by atoms with Crippen LogP contribution in [-0.4, -0.2) is 20.9 Å². The summed E-state index contributed by atoms with van der Waals surface area (Å²) in [6.45, 7) is 3.83. The van der Waals surface area contributed by atoms with Crippen molar-refractivity contribution in [3.63, 3.8) is 0 Å². The lowest BCUT2D eigenvalue weighted by Crippen LogP contribution is -2.16. The van der Waals surface area contributed by atoms with Gasteiger partial charge in [-0.25, -0.2) is 14.4 Å². The first kappa shape index (κ1) is 15.6. The number of rotatable bonds is 6. The predicted molar refractivity (Wildman–Crippen MR) is 81.7 cm³/mol. The number of aromatic nitrogens is 2. The molecule has 0 radical (unpaired) electrons. The molecule has 0 bridgehead atoms. The Morgan fingerprint density at radius 1 is 1.32 bits per heavy atom. The van der Waals surface area contributed by atoms with E-state index in [-0.39, 0.29) is 29.1 Å². The smallest absolute Gasteiger partial charge is 0.353 e. The molecule has 1 unspecified atom stereocenters. The number of halogens is 1. The van der Waals surface area contributed by atoms with Crippen LogP contribution in [0.3, 0.4) is 0 Å². The van der Waals surface area contributed by atoms with Crippen LogP contribution >= 0.6 is 0 Å². The van der Waals surface area contributed by atoms with Gasteiger partial charge in [-0.2, -0.15) is 0 Å². The van der Waals surface area contributed by atoms with E-state index in [4.69, 9.17) is 0 Å². The van der Waals surface area contributed by atoms with E-state index in [0.29, 0.717) is 0 Å². The first-order valence-corrected chi connectivity index (χ1v) is 6.80. The van der Waals surface area contributed by atoms with E-state index in [9.17, 15) is 14.5 Å². The molecule has 0 saturated carbocycles. The van der Waals surface area contributed by atoms with Gasteiger partial charge in [-0.15, -0.1) is 0 Å². The maximum Gasteiger partial charge on any atom is 0.353 e. The number of hydrogen-bond donors (Lipinski definition) is 2. The number of nitro groups is 1. The Hall–Kier alpha value is -2.77. The highest BCUT2D eigenvalue weighted by atomic mass is 19.1. The van der Waals surface area contributed by atoms with Crippen molar-refractivity contribution in [1.29, 1.82) is 0 Å². The van der Waals surface area contributed by atoms with Gasteiger partial charge in [0.05, 0.1) is 10.6 Å². The van der Waals surface area contributed by atoms with Crippen molar-refractivity contribution < 1.29 is 9.31 Å². The van der Waals surface area contributed by atoms with Crippen LogP contribution < -0.4 is 10.6 Å². The molecule has 1 aromatic heterocycles. The van der Waals surface area contributed by atoms with Gasteiger partial charge in [0.25, 0.3) is 0 Å². The summed E-state index contributed by atoms with van der Waals surface area (Å²) < 4.78 is 13.7. The van der Waals surface area contributed by atoms with Gasteiger partial charge in [0.2, 0.25) is 11.6 Å². The highest BCUT2D eigenvalue weighted by molar-refractivity contribution is 5.73. The Balaban J connectivity index is 2.41. The van der Waals surface area contributed by atoms with Crippen molar-refractivity contribution in [2.24, 2.45) is 0 Å². The van der Waals surface area contributed by atoms with Gasteiger partial charge >= 0.3 is 5.69 Å². The van der Waals surface area contributed by atoms with Crippen LogP contribution in [0.4, 0.5) is 27.4 Å². The van der Waals surface area contributed by atoms with Crippen LogP contribution in [0.2, 0.25) is 0 Å². The standard InChI is InChI=1S/C14H16FN5O2/c1-3-9(2)18-13-12(20(21)22)14(17-8-16-13)19-11-7-5-4-6-10(11)15/h4-9H,3H2,1-2H3,(H2,16,17,18,19). The highest BCUT2D eigenvalue weighted by Crippen LogP contribution is 2.32. The van der Waals surface area contributed by atoms with Crippen LogP contribution in [0.5, 0.6) is 0 Å². The zero-order valence-corrected chi connectivity index (χ0v) is 12.2. The minimum atomic E-state index is -0.589. The molecule has 0 saturated heterocycles. The van der Waals surface area contributed by atoms with Crippen molar-refractivity contribution >= 4 is 23.0 Å². The van der Waals surface area contributed by atoms with Crippen LogP contribution in [0.25, 0.3) is 0 Å². The van der Waals surface area contributed by atoms with Crippen molar-refractivity contribution in [2.75, 3.05) is 10.6 Å². The molecule has 0 aliphatic heterocycles. The topological polar surface area (TPSA) is 93.0 Å². The monoisotopic (exact) mass is 305 g/mol. The SMILES string of the molecule is CCC(C)Nc1ncnc(Nc2ccccc2F)c1[N+](=O)[O-]. The second-order valence-corrected chi connectivity index (χ2v) is 4.74. The molecule has 1 aromatic carbocycles. The third kappa shape index (κ3) is 3.46. The van der Waals surface area contributed by atoms with E-state index >= 15 is 0 Å². The van der Waals surface area contributed by atoms with Crippen molar-refractivity contribution in [3.05, 3.63) is 46.5 Å². The van der Waals surface area contributed by atoms with Gasteiger partial charge in [-0.1, -0.05) is 19.1 Å². The number of anilines is 3. The lowest BCUT2D eigenvalue weighted by Gasteiger charge is -2.13. The first-order valence-electron chi connectivity index (χ1n) is 6.80. The normalized spacial score (nSPS) is 11.8. The number of benzene rings is 1. The van der Waals surface area contributed by atoms with Gasteiger partial charge in [-0.05, 0) is 25.5 Å². The molecule has 0 fully saturated rings. The molecule has 0 aliphatic rings. The van der Waals surface area contributed by atoms with E-state index in [1.807, 2.05) is 13.8 Å². The Morgan fingerprint density at radius 2 is 2.00 bits per heavy atom. The summed E-state index contributed by atoms with van der Waals surface area (Å²) >= 11 is 0. The Bertz CT molecular complexity index is 680. The summed E-state index contributed by atoms with van der Waals surface area (Å²) in [5.74, 6) is -0.476. The fourth-order valence-electron chi connectivity index (χ4n) is 1.77. The average Bonchev–Trinajstić information content (AvgIpc) is 2.49. The number of nitrogens with zero attached hydrogens (tertiary/aromatic N) is 3. The van der Waals surface area contributed by atoms with Crippen molar-refractivity contribution in [3.8, 4) is 0 Å². The quantitative estimate of drug-likeness (QED) is 0.627. The lowest BCUT2D eigenvalue weighted by molar-refractivity contribution is -0.383. The highest BCUT2D eigenvalue weighted by Gasteiger charge is 2.24. The molecule has 22 heavy (non-hydrogen) atoms. The van der Waals surface area contributed by atoms with Gasteiger partial charge in [-0.3, -0.25) is 10.1 Å². The fraction of sp³-hybridized carbons (Fsp3) is 0.286. The van der Waals surface area contributed by atoms with Gasteiger partial charge in [0.15, 0.2) is 0 Å². The van der Waals surface area contributed by atoms with E-state index in [1.54, 1.807) is 6.07 Å². The molecule has 8 heteroatoms. The third-order valence-electron chi connectivity index (χ3n) is 3.13. The molecular weight excluding hydrogens is 289 g/mol. The molecule has 2 N–H and O–H groups in total. The van der Waals surface area contributed by atoms with Gasteiger partial charge < -0.3 is 10.6 Å². The molecule has 1 atom stereocenters. The molecule has 1 heterocycles. The van der Waals surface area contributed by atoms with Crippen LogP contribution in [-0.2, 0) is 0 Å². The molecule has 0 amide bonds. The summed E-state index contributed by atoms with van der Waals surface area (Å²) in [6, 6.07) is 5.90. The van der Waals surface area contributed by atoms with E-state index in [2.05, 4.69) is 20.6 Å². The van der Waals surface area contributed by atoms with Crippen LogP contribution in [0.1, 0.15) is 20.3 Å². The summed E-state index contributed by atoms with van der Waals surface area (Å²) in [5.41, 5.74) is -0.204. The maximum absolute atomic E-state index is 13.7. The largest absolute Gasteiger partial charge is 0.362 e. The van der Waals surface area contributed by atoms with E-state index < -0.39 is 10.7 Å². The lowest BCUT2D eigenvalue weighted by atomic mass is 10.2. The Labute approximate surface area is 126 Å². The number of nitrogens with one attached hydrogen (secondary N) is 2. The fourth-order valence-corrected chi connectivity index (χ4v) is 1.77. The third-order valence-corrected chi connectivity index (χ3v) is 3.13. The minimum absolute atomic E-state index is 0.00918. The molecular formula is C14H16FN5O2. The van der Waals surface area contributed by atoms with E-state index in [1.165, 1.54) is 24.5 Å². The number of para-hydroxylation sites is 1. The molecule has 116 valence electrons. The molecule has 7 nitrogen and oxygen atoms in total. The zero-order valence-electron chi connectivity index (χ0n) is 12.2. The maximum atomic E-state index is 13.7. The first-order chi connectivity index (χ1) is 10.5. The predicted octanol–water partition coefficient (Wildman–Crippen LogP) is 3.48. The van der Waals surface area contributed by atoms with Gasteiger partial charge in [0.1, 0.15) is 12.1 Å². The summed E-state index contributed by atoms with van der Waals surface area (Å²) in [6.07, 6.45) is 1.97. The Kier molecular flexibility index (Phi) is 4.82. The van der Waals surface area contributed by atoms with Crippen molar-refractivity contribution in [2.45, 2.75) is 26.3 Å².